The SMILES string of the molecule is CCOC(=O)N1[C@@H]2CC[C@H]1CC(OC(=O)C(O)(c1ccccc1)c1ccccc1)C2. The third-order valence-electron chi connectivity index (χ3n) is 6.12. The molecule has 2 aliphatic rings. The first kappa shape index (κ1) is 20.4. The molecule has 2 aliphatic heterocycles. The van der Waals surface area contributed by atoms with Crippen LogP contribution in [-0.2, 0) is 19.9 Å². The van der Waals surface area contributed by atoms with Gasteiger partial charge in [-0.3, -0.25) is 0 Å². The molecule has 1 amide bonds. The molecule has 2 heterocycles. The zero-order valence-corrected chi connectivity index (χ0v) is 17.1. The van der Waals surface area contributed by atoms with Crippen LogP contribution in [-0.4, -0.2) is 46.9 Å². The fraction of sp³-hybridized carbons (Fsp3) is 0.417. The van der Waals surface area contributed by atoms with Crippen molar-refractivity contribution < 1.29 is 24.2 Å². The van der Waals surface area contributed by atoms with Gasteiger partial charge in [-0.25, -0.2) is 9.59 Å². The number of piperidine rings is 1. The Morgan fingerprint density at radius 2 is 1.47 bits per heavy atom. The standard InChI is InChI=1S/C24H27NO5/c1-2-29-23(27)25-19-13-14-20(25)16-21(15-19)30-22(26)24(28,17-9-5-3-6-10-17)18-11-7-4-8-12-18/h3-12,19-21,28H,2,13-16H2,1H3/t19-,20+,21?. The minimum atomic E-state index is -1.89. The zero-order chi connectivity index (χ0) is 21.1. The molecule has 2 fully saturated rings. The van der Waals surface area contributed by atoms with Gasteiger partial charge >= 0.3 is 12.1 Å². The number of rotatable bonds is 5. The van der Waals surface area contributed by atoms with Crippen LogP contribution in [0.2, 0.25) is 0 Å². The number of amides is 1. The van der Waals surface area contributed by atoms with Crippen molar-refractivity contribution in [3.63, 3.8) is 0 Å². The van der Waals surface area contributed by atoms with Crippen LogP contribution in [0.15, 0.2) is 60.7 Å². The van der Waals surface area contributed by atoms with Gasteiger partial charge < -0.3 is 19.5 Å². The number of benzene rings is 2. The Hall–Kier alpha value is -2.86. The van der Waals surface area contributed by atoms with Crippen molar-refractivity contribution in [2.24, 2.45) is 0 Å². The molecule has 0 saturated carbocycles. The fourth-order valence-corrected chi connectivity index (χ4v) is 4.72. The molecular formula is C24H27NO5. The smallest absolute Gasteiger partial charge is 0.410 e. The highest BCUT2D eigenvalue weighted by atomic mass is 16.6. The Balaban J connectivity index is 1.54. The van der Waals surface area contributed by atoms with E-state index in [-0.39, 0.29) is 24.3 Å². The molecule has 1 N–H and O–H groups in total. The van der Waals surface area contributed by atoms with Crippen LogP contribution >= 0.6 is 0 Å². The molecule has 0 aliphatic carbocycles. The second kappa shape index (κ2) is 8.48. The summed E-state index contributed by atoms with van der Waals surface area (Å²) in [6.07, 6.45) is 2.22. The van der Waals surface area contributed by atoms with Crippen molar-refractivity contribution >= 4 is 12.1 Å². The predicted molar refractivity (Wildman–Crippen MR) is 111 cm³/mol. The van der Waals surface area contributed by atoms with E-state index in [1.807, 2.05) is 12.1 Å². The monoisotopic (exact) mass is 409 g/mol. The summed E-state index contributed by atoms with van der Waals surface area (Å²) in [6.45, 7) is 2.14. The normalized spacial score (nSPS) is 23.1. The molecule has 1 unspecified atom stereocenters. The molecule has 2 aromatic carbocycles. The van der Waals surface area contributed by atoms with Gasteiger partial charge in [-0.05, 0) is 30.9 Å². The number of carbonyl (C=O) groups excluding carboxylic acids is 2. The number of fused-ring (bicyclic) bond motifs is 2. The van der Waals surface area contributed by atoms with Gasteiger partial charge in [-0.15, -0.1) is 0 Å². The zero-order valence-electron chi connectivity index (χ0n) is 17.1. The lowest BCUT2D eigenvalue weighted by Gasteiger charge is -2.38. The number of hydrogen-bond acceptors (Lipinski definition) is 5. The first-order chi connectivity index (χ1) is 14.5. The summed E-state index contributed by atoms with van der Waals surface area (Å²) in [4.78, 5) is 27.4. The van der Waals surface area contributed by atoms with Gasteiger partial charge in [0.2, 0.25) is 5.60 Å². The molecule has 3 atom stereocenters. The van der Waals surface area contributed by atoms with Gasteiger partial charge in [0.1, 0.15) is 6.10 Å². The molecule has 2 saturated heterocycles. The first-order valence-corrected chi connectivity index (χ1v) is 10.5. The Morgan fingerprint density at radius 1 is 0.967 bits per heavy atom. The highest BCUT2D eigenvalue weighted by molar-refractivity contribution is 5.85. The number of ether oxygens (including phenoxy) is 2. The number of aliphatic hydroxyl groups is 1. The first-order valence-electron chi connectivity index (χ1n) is 10.5. The third-order valence-corrected chi connectivity index (χ3v) is 6.12. The van der Waals surface area contributed by atoms with Crippen LogP contribution in [0.1, 0.15) is 43.7 Å². The minimum absolute atomic E-state index is 0.00198. The van der Waals surface area contributed by atoms with Gasteiger partial charge in [0.25, 0.3) is 0 Å². The van der Waals surface area contributed by atoms with Crippen LogP contribution in [0.4, 0.5) is 4.79 Å². The summed E-state index contributed by atoms with van der Waals surface area (Å²) < 4.78 is 11.1. The molecule has 0 spiro atoms. The third kappa shape index (κ3) is 3.67. The number of hydrogen-bond donors (Lipinski definition) is 1. The van der Waals surface area contributed by atoms with E-state index in [1.165, 1.54) is 0 Å². The lowest BCUT2D eigenvalue weighted by atomic mass is 9.86. The highest BCUT2D eigenvalue weighted by Crippen LogP contribution is 2.39. The van der Waals surface area contributed by atoms with E-state index in [0.29, 0.717) is 30.6 Å². The van der Waals surface area contributed by atoms with E-state index >= 15 is 0 Å². The molecule has 4 rings (SSSR count). The lowest BCUT2D eigenvalue weighted by molar-refractivity contribution is -0.171. The summed E-state index contributed by atoms with van der Waals surface area (Å²) in [7, 11) is 0. The average Bonchev–Trinajstić information content (AvgIpc) is 3.05. The number of esters is 1. The molecule has 2 aromatic rings. The van der Waals surface area contributed by atoms with Gasteiger partial charge in [-0.1, -0.05) is 60.7 Å². The van der Waals surface area contributed by atoms with E-state index in [9.17, 15) is 14.7 Å². The van der Waals surface area contributed by atoms with Crippen LogP contribution in [0.3, 0.4) is 0 Å². The second-order valence-corrected chi connectivity index (χ2v) is 7.93. The quantitative estimate of drug-likeness (QED) is 0.764. The summed E-state index contributed by atoms with van der Waals surface area (Å²) in [5, 5.41) is 11.6. The van der Waals surface area contributed by atoms with E-state index in [2.05, 4.69) is 0 Å². The maximum atomic E-state index is 13.3. The van der Waals surface area contributed by atoms with Crippen molar-refractivity contribution in [2.75, 3.05) is 6.61 Å². The van der Waals surface area contributed by atoms with E-state index in [4.69, 9.17) is 9.47 Å². The number of nitrogens with zero attached hydrogens (tertiary/aromatic N) is 1. The molecule has 2 bridgehead atoms. The fourth-order valence-electron chi connectivity index (χ4n) is 4.72. The minimum Gasteiger partial charge on any atom is -0.460 e. The van der Waals surface area contributed by atoms with Crippen molar-refractivity contribution in [3.8, 4) is 0 Å². The van der Waals surface area contributed by atoms with Gasteiger partial charge in [0.05, 0.1) is 6.61 Å². The van der Waals surface area contributed by atoms with Gasteiger partial charge in [0, 0.05) is 24.9 Å². The van der Waals surface area contributed by atoms with Crippen molar-refractivity contribution in [1.29, 1.82) is 0 Å². The van der Waals surface area contributed by atoms with Gasteiger partial charge in [0.15, 0.2) is 0 Å². The maximum Gasteiger partial charge on any atom is 0.410 e. The Labute approximate surface area is 176 Å². The Kier molecular flexibility index (Phi) is 5.77. The summed E-state index contributed by atoms with van der Waals surface area (Å²) in [6, 6.07) is 17.7. The Bertz CT molecular complexity index is 831. The topological polar surface area (TPSA) is 76.1 Å². The van der Waals surface area contributed by atoms with Crippen LogP contribution in [0, 0.1) is 0 Å². The second-order valence-electron chi connectivity index (χ2n) is 7.93. The molecular weight excluding hydrogens is 382 g/mol. The molecule has 6 nitrogen and oxygen atoms in total. The summed E-state index contributed by atoms with van der Waals surface area (Å²) >= 11 is 0. The predicted octanol–water partition coefficient (Wildman–Crippen LogP) is 3.62. The lowest BCUT2D eigenvalue weighted by Crippen LogP contribution is -2.50. The van der Waals surface area contributed by atoms with Crippen molar-refractivity contribution in [1.82, 2.24) is 4.90 Å². The van der Waals surface area contributed by atoms with Crippen molar-refractivity contribution in [3.05, 3.63) is 71.8 Å². The molecule has 0 aromatic heterocycles. The van der Waals surface area contributed by atoms with E-state index in [0.717, 1.165) is 12.8 Å². The molecule has 6 heteroatoms. The molecule has 158 valence electrons. The largest absolute Gasteiger partial charge is 0.460 e. The van der Waals surface area contributed by atoms with Crippen LogP contribution < -0.4 is 0 Å². The average molecular weight is 409 g/mol. The van der Waals surface area contributed by atoms with Gasteiger partial charge in [-0.2, -0.15) is 0 Å². The molecule has 0 radical (unpaired) electrons. The highest BCUT2D eigenvalue weighted by Gasteiger charge is 2.48. The number of carbonyl (C=O) groups is 2. The van der Waals surface area contributed by atoms with Crippen molar-refractivity contribution in [2.45, 2.75) is 56.4 Å². The Morgan fingerprint density at radius 3 is 1.93 bits per heavy atom. The van der Waals surface area contributed by atoms with Crippen LogP contribution in [0.25, 0.3) is 0 Å². The van der Waals surface area contributed by atoms with Crippen LogP contribution in [0.5, 0.6) is 0 Å². The van der Waals surface area contributed by atoms with E-state index in [1.54, 1.807) is 60.4 Å². The maximum absolute atomic E-state index is 13.3. The summed E-state index contributed by atoms with van der Waals surface area (Å²) in [5.74, 6) is -0.686. The summed E-state index contributed by atoms with van der Waals surface area (Å²) in [5.41, 5.74) is -0.957. The molecule has 30 heavy (non-hydrogen) atoms. The van der Waals surface area contributed by atoms with E-state index < -0.39 is 11.6 Å².